The van der Waals surface area contributed by atoms with Gasteiger partial charge in [-0.25, -0.2) is 4.79 Å². The normalized spacial score (nSPS) is 10.2. The first-order valence-electron chi connectivity index (χ1n) is 7.44. The van der Waals surface area contributed by atoms with Gasteiger partial charge in [0.05, 0.1) is 0 Å². The number of hydrogen-bond acceptors (Lipinski definition) is 4. The number of halogens is 1. The van der Waals surface area contributed by atoms with Crippen LogP contribution in [0.15, 0.2) is 46.9 Å². The molecule has 5 nitrogen and oxygen atoms in total. The molecule has 0 radical (unpaired) electrons. The number of phenols is 1. The molecule has 126 valence electrons. The highest BCUT2D eigenvalue weighted by atomic mass is 79.9. The number of carbonyl (C=O) groups is 2. The SMILES string of the molecule is Cc1ccccc1CCNC(=O)COC(=O)c1cc(Br)ccc1O. The Morgan fingerprint density at radius 2 is 1.96 bits per heavy atom. The number of hydrogen-bond donors (Lipinski definition) is 2. The van der Waals surface area contributed by atoms with E-state index in [1.54, 1.807) is 6.07 Å². The van der Waals surface area contributed by atoms with Crippen molar-refractivity contribution >= 4 is 27.8 Å². The van der Waals surface area contributed by atoms with E-state index in [0.29, 0.717) is 17.4 Å². The molecule has 0 aliphatic heterocycles. The molecular weight excluding hydrogens is 374 g/mol. The van der Waals surface area contributed by atoms with Crippen molar-refractivity contribution in [3.05, 3.63) is 63.6 Å². The summed E-state index contributed by atoms with van der Waals surface area (Å²) < 4.78 is 5.55. The Bertz CT molecular complexity index is 746. The molecule has 24 heavy (non-hydrogen) atoms. The van der Waals surface area contributed by atoms with Gasteiger partial charge in [0.15, 0.2) is 6.61 Å². The third kappa shape index (κ3) is 5.09. The summed E-state index contributed by atoms with van der Waals surface area (Å²) >= 11 is 3.21. The highest BCUT2D eigenvalue weighted by Crippen LogP contribution is 2.22. The van der Waals surface area contributed by atoms with E-state index < -0.39 is 12.6 Å². The van der Waals surface area contributed by atoms with Crippen LogP contribution in [0, 0.1) is 6.92 Å². The van der Waals surface area contributed by atoms with E-state index in [-0.39, 0.29) is 17.2 Å². The van der Waals surface area contributed by atoms with Crippen LogP contribution in [0.2, 0.25) is 0 Å². The molecule has 2 aromatic carbocycles. The molecule has 0 bridgehead atoms. The summed E-state index contributed by atoms with van der Waals surface area (Å²) in [5, 5.41) is 12.3. The second-order valence-corrected chi connectivity index (χ2v) is 6.18. The smallest absolute Gasteiger partial charge is 0.342 e. The zero-order valence-corrected chi connectivity index (χ0v) is 14.8. The van der Waals surface area contributed by atoms with Crippen LogP contribution in [0.4, 0.5) is 0 Å². The van der Waals surface area contributed by atoms with Crippen LogP contribution in [0.3, 0.4) is 0 Å². The lowest BCUT2D eigenvalue weighted by Crippen LogP contribution is -2.30. The van der Waals surface area contributed by atoms with Crippen molar-refractivity contribution in [2.75, 3.05) is 13.2 Å². The number of carbonyl (C=O) groups excluding carboxylic acids is 2. The molecule has 0 saturated heterocycles. The van der Waals surface area contributed by atoms with E-state index in [9.17, 15) is 14.7 Å². The lowest BCUT2D eigenvalue weighted by molar-refractivity contribution is -0.124. The maximum atomic E-state index is 11.9. The van der Waals surface area contributed by atoms with Crippen LogP contribution in [0.1, 0.15) is 21.5 Å². The van der Waals surface area contributed by atoms with Crippen LogP contribution in [0.25, 0.3) is 0 Å². The summed E-state index contributed by atoms with van der Waals surface area (Å²) in [6.45, 7) is 2.09. The Labute approximate surface area is 148 Å². The molecular formula is C18H18BrNO4. The number of nitrogens with one attached hydrogen (secondary N) is 1. The maximum Gasteiger partial charge on any atom is 0.342 e. The van der Waals surface area contributed by atoms with E-state index >= 15 is 0 Å². The monoisotopic (exact) mass is 391 g/mol. The van der Waals surface area contributed by atoms with Gasteiger partial charge in [-0.3, -0.25) is 4.79 Å². The van der Waals surface area contributed by atoms with Gasteiger partial charge < -0.3 is 15.2 Å². The second kappa shape index (κ2) is 8.49. The molecule has 0 saturated carbocycles. The van der Waals surface area contributed by atoms with Gasteiger partial charge in [0.25, 0.3) is 5.91 Å². The van der Waals surface area contributed by atoms with Gasteiger partial charge in [-0.05, 0) is 42.7 Å². The van der Waals surface area contributed by atoms with E-state index in [4.69, 9.17) is 4.74 Å². The van der Waals surface area contributed by atoms with Gasteiger partial charge >= 0.3 is 5.97 Å². The summed E-state index contributed by atoms with van der Waals surface area (Å²) in [4.78, 5) is 23.6. The molecule has 2 rings (SSSR count). The van der Waals surface area contributed by atoms with Crippen molar-refractivity contribution in [2.24, 2.45) is 0 Å². The third-order valence-electron chi connectivity index (χ3n) is 3.49. The van der Waals surface area contributed by atoms with Crippen LogP contribution in [-0.2, 0) is 16.0 Å². The summed E-state index contributed by atoms with van der Waals surface area (Å²) in [7, 11) is 0. The number of benzene rings is 2. The quantitative estimate of drug-likeness (QED) is 0.742. The highest BCUT2D eigenvalue weighted by Gasteiger charge is 2.14. The molecule has 2 aromatic rings. The predicted octanol–water partition coefficient (Wildman–Crippen LogP) is 2.98. The van der Waals surface area contributed by atoms with Gasteiger partial charge in [-0.2, -0.15) is 0 Å². The number of aromatic hydroxyl groups is 1. The number of esters is 1. The van der Waals surface area contributed by atoms with E-state index in [1.165, 1.54) is 17.7 Å². The second-order valence-electron chi connectivity index (χ2n) is 5.26. The first-order valence-corrected chi connectivity index (χ1v) is 8.23. The van der Waals surface area contributed by atoms with Crippen LogP contribution < -0.4 is 5.32 Å². The van der Waals surface area contributed by atoms with Crippen molar-refractivity contribution < 1.29 is 19.4 Å². The summed E-state index contributed by atoms with van der Waals surface area (Å²) in [5.74, 6) is -1.32. The van der Waals surface area contributed by atoms with Gasteiger partial charge in [-0.1, -0.05) is 40.2 Å². The summed E-state index contributed by atoms with van der Waals surface area (Å²) in [6, 6.07) is 12.4. The molecule has 0 aliphatic carbocycles. The Hall–Kier alpha value is -2.34. The third-order valence-corrected chi connectivity index (χ3v) is 3.98. The molecule has 0 atom stereocenters. The molecule has 0 unspecified atom stereocenters. The number of amides is 1. The number of aryl methyl sites for hydroxylation is 1. The van der Waals surface area contributed by atoms with E-state index in [1.807, 2.05) is 31.2 Å². The fourth-order valence-corrected chi connectivity index (χ4v) is 2.52. The Morgan fingerprint density at radius 1 is 1.21 bits per heavy atom. The van der Waals surface area contributed by atoms with E-state index in [2.05, 4.69) is 21.2 Å². The zero-order valence-electron chi connectivity index (χ0n) is 13.2. The molecule has 0 fully saturated rings. The fourth-order valence-electron chi connectivity index (χ4n) is 2.16. The fraction of sp³-hybridized carbons (Fsp3) is 0.222. The number of ether oxygens (including phenoxy) is 1. The van der Waals surface area contributed by atoms with Crippen LogP contribution in [-0.4, -0.2) is 30.1 Å². The van der Waals surface area contributed by atoms with Crippen molar-refractivity contribution in [1.29, 1.82) is 0 Å². The predicted molar refractivity (Wildman–Crippen MR) is 94.0 cm³/mol. The Balaban J connectivity index is 1.78. The molecule has 0 heterocycles. The highest BCUT2D eigenvalue weighted by molar-refractivity contribution is 9.10. The minimum absolute atomic E-state index is 0.0112. The van der Waals surface area contributed by atoms with Gasteiger partial charge in [0, 0.05) is 11.0 Å². The molecule has 6 heteroatoms. The van der Waals surface area contributed by atoms with Crippen molar-refractivity contribution in [1.82, 2.24) is 5.32 Å². The van der Waals surface area contributed by atoms with Crippen molar-refractivity contribution in [3.63, 3.8) is 0 Å². The molecule has 0 aromatic heterocycles. The standard InChI is InChI=1S/C18H18BrNO4/c1-12-4-2-3-5-13(12)8-9-20-17(22)11-24-18(23)15-10-14(19)6-7-16(15)21/h2-7,10,21H,8-9,11H2,1H3,(H,20,22). The van der Waals surface area contributed by atoms with Gasteiger partial charge in [0.1, 0.15) is 11.3 Å². The number of phenolic OH excluding ortho intramolecular Hbond substituents is 1. The van der Waals surface area contributed by atoms with Crippen LogP contribution >= 0.6 is 15.9 Å². The topological polar surface area (TPSA) is 75.6 Å². The minimum Gasteiger partial charge on any atom is -0.507 e. The van der Waals surface area contributed by atoms with Gasteiger partial charge in [-0.15, -0.1) is 0 Å². The van der Waals surface area contributed by atoms with Gasteiger partial charge in [0.2, 0.25) is 0 Å². The zero-order chi connectivity index (χ0) is 17.5. The Kier molecular flexibility index (Phi) is 6.37. The lowest BCUT2D eigenvalue weighted by atomic mass is 10.1. The minimum atomic E-state index is -0.747. The average molecular weight is 392 g/mol. The average Bonchev–Trinajstić information content (AvgIpc) is 2.56. The summed E-state index contributed by atoms with van der Waals surface area (Å²) in [5.41, 5.74) is 2.34. The van der Waals surface area contributed by atoms with E-state index in [0.717, 1.165) is 5.56 Å². The molecule has 0 aliphatic rings. The number of rotatable bonds is 6. The molecule has 2 N–H and O–H groups in total. The molecule has 1 amide bonds. The Morgan fingerprint density at radius 3 is 2.71 bits per heavy atom. The first-order chi connectivity index (χ1) is 11.5. The van der Waals surface area contributed by atoms with Crippen molar-refractivity contribution in [3.8, 4) is 5.75 Å². The van der Waals surface area contributed by atoms with Crippen molar-refractivity contribution in [2.45, 2.75) is 13.3 Å². The van der Waals surface area contributed by atoms with Crippen LogP contribution in [0.5, 0.6) is 5.75 Å². The lowest BCUT2D eigenvalue weighted by Gasteiger charge is -2.09. The summed E-state index contributed by atoms with van der Waals surface area (Å²) in [6.07, 6.45) is 0.707. The maximum absolute atomic E-state index is 11.9. The largest absolute Gasteiger partial charge is 0.507 e. The first kappa shape index (κ1) is 18.0. The molecule has 0 spiro atoms.